The number of aromatic nitrogens is 1. The number of benzene rings is 1. The minimum absolute atomic E-state index is 0.100. The van der Waals surface area contributed by atoms with E-state index >= 15 is 0 Å². The molecule has 0 bridgehead atoms. The summed E-state index contributed by atoms with van der Waals surface area (Å²) in [6.07, 6.45) is 1.03. The highest BCUT2D eigenvalue weighted by Crippen LogP contribution is 2.23. The lowest BCUT2D eigenvalue weighted by atomic mass is 10.0. The number of carbonyl (C=O) groups is 3. The number of hydrogen-bond acceptors (Lipinski definition) is 5. The minimum atomic E-state index is -0.886. The summed E-state index contributed by atoms with van der Waals surface area (Å²) in [4.78, 5) is 39.7. The highest BCUT2D eigenvalue weighted by atomic mass is 16.5. The number of rotatable bonds is 8. The van der Waals surface area contributed by atoms with Crippen molar-refractivity contribution in [3.05, 3.63) is 59.7 Å². The number of hydrogen-bond donors (Lipinski definition) is 2. The van der Waals surface area contributed by atoms with Crippen LogP contribution in [0.2, 0.25) is 0 Å². The van der Waals surface area contributed by atoms with Gasteiger partial charge in [-0.2, -0.15) is 0 Å². The van der Waals surface area contributed by atoms with E-state index in [9.17, 15) is 14.4 Å². The molecule has 1 aromatic carbocycles. The maximum absolute atomic E-state index is 12.8. The van der Waals surface area contributed by atoms with Gasteiger partial charge in [-0.15, -0.1) is 0 Å². The van der Waals surface area contributed by atoms with Gasteiger partial charge >= 0.3 is 5.97 Å². The summed E-state index contributed by atoms with van der Waals surface area (Å²) in [5.74, 6) is -0.840. The van der Waals surface area contributed by atoms with E-state index in [-0.39, 0.29) is 23.9 Å². The Morgan fingerprint density at radius 2 is 1.96 bits per heavy atom. The summed E-state index contributed by atoms with van der Waals surface area (Å²) >= 11 is 0. The van der Waals surface area contributed by atoms with Gasteiger partial charge in [0.05, 0.1) is 6.26 Å². The zero-order valence-corrected chi connectivity index (χ0v) is 15.8. The van der Waals surface area contributed by atoms with Gasteiger partial charge in [-0.05, 0) is 38.5 Å². The highest BCUT2D eigenvalue weighted by Gasteiger charge is 2.24. The first-order chi connectivity index (χ1) is 13.5. The van der Waals surface area contributed by atoms with Crippen LogP contribution in [0, 0.1) is 6.92 Å². The van der Waals surface area contributed by atoms with Crippen molar-refractivity contribution in [2.45, 2.75) is 32.8 Å². The van der Waals surface area contributed by atoms with Crippen LogP contribution in [0.25, 0.3) is 10.9 Å². The molecule has 2 aromatic heterocycles. The van der Waals surface area contributed by atoms with Crippen LogP contribution in [0.15, 0.2) is 47.1 Å². The van der Waals surface area contributed by atoms with Gasteiger partial charge in [0.15, 0.2) is 11.9 Å². The Labute approximate surface area is 162 Å². The van der Waals surface area contributed by atoms with Crippen molar-refractivity contribution in [2.24, 2.45) is 0 Å². The molecule has 1 amide bonds. The van der Waals surface area contributed by atoms with E-state index < -0.39 is 12.1 Å². The number of para-hydroxylation sites is 1. The Balaban J connectivity index is 1.49. The molecule has 7 nitrogen and oxygen atoms in total. The topological polar surface area (TPSA) is 101 Å². The van der Waals surface area contributed by atoms with E-state index in [0.29, 0.717) is 18.5 Å². The molecule has 28 heavy (non-hydrogen) atoms. The number of carbonyl (C=O) groups excluding carboxylic acids is 3. The van der Waals surface area contributed by atoms with Gasteiger partial charge < -0.3 is 19.5 Å². The fourth-order valence-corrected chi connectivity index (χ4v) is 3.04. The smallest absolute Gasteiger partial charge is 0.306 e. The average molecular weight is 382 g/mol. The van der Waals surface area contributed by atoms with Crippen LogP contribution >= 0.6 is 0 Å². The van der Waals surface area contributed by atoms with E-state index in [4.69, 9.17) is 9.15 Å². The molecule has 0 spiro atoms. The molecule has 1 atom stereocenters. The second kappa shape index (κ2) is 8.56. The summed E-state index contributed by atoms with van der Waals surface area (Å²) in [5, 5.41) is 3.47. The molecule has 2 heterocycles. The predicted molar refractivity (Wildman–Crippen MR) is 103 cm³/mol. The van der Waals surface area contributed by atoms with Gasteiger partial charge in [0, 0.05) is 35.1 Å². The molecule has 2 N–H and O–H groups in total. The molecular weight excluding hydrogens is 360 g/mol. The molecular formula is C21H22N2O5. The Bertz CT molecular complexity index is 988. The van der Waals surface area contributed by atoms with Crippen LogP contribution in [0.1, 0.15) is 46.4 Å². The monoisotopic (exact) mass is 382 g/mol. The third-order valence-electron chi connectivity index (χ3n) is 4.41. The van der Waals surface area contributed by atoms with Crippen LogP contribution in [0.5, 0.6) is 0 Å². The summed E-state index contributed by atoms with van der Waals surface area (Å²) in [6, 6.07) is 10.7. The average Bonchev–Trinajstić information content (AvgIpc) is 3.31. The van der Waals surface area contributed by atoms with Crippen molar-refractivity contribution < 1.29 is 23.5 Å². The molecule has 3 rings (SSSR count). The molecule has 0 aliphatic rings. The maximum Gasteiger partial charge on any atom is 0.306 e. The van der Waals surface area contributed by atoms with Crippen molar-refractivity contribution in [1.29, 1.82) is 0 Å². The standard InChI is InChI=1S/C21H22N2O5/c1-13-19(15-7-3-4-8-16(15)23-13)20(25)14(2)28-18(24)10-5-11-22-21(26)17-9-6-12-27-17/h3-4,6-9,12,14,23H,5,10-11H2,1-2H3,(H,22,26)/t14-/m0/s1. The highest BCUT2D eigenvalue weighted by molar-refractivity contribution is 6.11. The molecule has 146 valence electrons. The fourth-order valence-electron chi connectivity index (χ4n) is 3.04. The molecule has 0 fully saturated rings. The molecule has 7 heteroatoms. The van der Waals surface area contributed by atoms with Crippen molar-refractivity contribution in [2.75, 3.05) is 6.54 Å². The van der Waals surface area contributed by atoms with Crippen LogP contribution in [-0.4, -0.2) is 35.3 Å². The molecule has 3 aromatic rings. The molecule has 0 aliphatic heterocycles. The minimum Gasteiger partial charge on any atom is -0.459 e. The van der Waals surface area contributed by atoms with E-state index in [0.717, 1.165) is 16.6 Å². The van der Waals surface area contributed by atoms with Crippen molar-refractivity contribution in [3.63, 3.8) is 0 Å². The van der Waals surface area contributed by atoms with Gasteiger partial charge in [-0.25, -0.2) is 0 Å². The number of furan rings is 1. The first kappa shape index (κ1) is 19.4. The Kier molecular flexibility index (Phi) is 5.93. The lowest BCUT2D eigenvalue weighted by Crippen LogP contribution is -2.27. The lowest BCUT2D eigenvalue weighted by Gasteiger charge is -2.12. The SMILES string of the molecule is Cc1[nH]c2ccccc2c1C(=O)[C@H](C)OC(=O)CCCNC(=O)c1ccco1. The van der Waals surface area contributed by atoms with E-state index in [1.165, 1.54) is 6.26 Å². The third-order valence-corrected chi connectivity index (χ3v) is 4.41. The fraction of sp³-hybridized carbons (Fsp3) is 0.286. The Morgan fingerprint density at radius 3 is 2.71 bits per heavy atom. The van der Waals surface area contributed by atoms with Gasteiger partial charge in [0.1, 0.15) is 0 Å². The summed E-state index contributed by atoms with van der Waals surface area (Å²) in [7, 11) is 0. The number of aryl methyl sites for hydroxylation is 1. The Morgan fingerprint density at radius 1 is 1.18 bits per heavy atom. The van der Waals surface area contributed by atoms with Crippen molar-refractivity contribution >= 4 is 28.6 Å². The van der Waals surface area contributed by atoms with Gasteiger partial charge in [0.2, 0.25) is 5.78 Å². The van der Waals surface area contributed by atoms with E-state index in [2.05, 4.69) is 10.3 Å². The first-order valence-corrected chi connectivity index (χ1v) is 9.10. The summed E-state index contributed by atoms with van der Waals surface area (Å²) in [5.41, 5.74) is 2.16. The molecule has 0 aliphatic carbocycles. The molecule has 0 unspecified atom stereocenters. The quantitative estimate of drug-likeness (QED) is 0.353. The molecule has 0 saturated carbocycles. The first-order valence-electron chi connectivity index (χ1n) is 9.10. The van der Waals surface area contributed by atoms with Crippen LogP contribution < -0.4 is 5.32 Å². The zero-order valence-electron chi connectivity index (χ0n) is 15.8. The number of amides is 1. The van der Waals surface area contributed by atoms with Crippen LogP contribution in [0.4, 0.5) is 0 Å². The predicted octanol–water partition coefficient (Wildman–Crippen LogP) is 3.39. The number of H-pyrrole nitrogens is 1. The van der Waals surface area contributed by atoms with Crippen molar-refractivity contribution in [3.8, 4) is 0 Å². The van der Waals surface area contributed by atoms with E-state index in [1.807, 2.05) is 31.2 Å². The zero-order chi connectivity index (χ0) is 20.1. The number of fused-ring (bicyclic) bond motifs is 1. The normalized spacial score (nSPS) is 11.9. The maximum atomic E-state index is 12.8. The number of nitrogens with one attached hydrogen (secondary N) is 2. The second-order valence-corrected chi connectivity index (χ2v) is 6.50. The van der Waals surface area contributed by atoms with Crippen LogP contribution in [-0.2, 0) is 9.53 Å². The summed E-state index contributed by atoms with van der Waals surface area (Å²) < 4.78 is 10.3. The third kappa shape index (κ3) is 4.31. The van der Waals surface area contributed by atoms with E-state index in [1.54, 1.807) is 19.1 Å². The van der Waals surface area contributed by atoms with Gasteiger partial charge in [0.25, 0.3) is 5.91 Å². The van der Waals surface area contributed by atoms with Crippen LogP contribution in [0.3, 0.4) is 0 Å². The number of ether oxygens (including phenoxy) is 1. The Hall–Kier alpha value is -3.35. The lowest BCUT2D eigenvalue weighted by molar-refractivity contribution is -0.146. The molecule has 0 radical (unpaired) electrons. The molecule has 0 saturated heterocycles. The number of esters is 1. The van der Waals surface area contributed by atoms with Gasteiger partial charge in [-0.3, -0.25) is 14.4 Å². The second-order valence-electron chi connectivity index (χ2n) is 6.50. The number of Topliss-reactive ketones (excluding diaryl/α,β-unsaturated/α-hetero) is 1. The summed E-state index contributed by atoms with van der Waals surface area (Å²) in [6.45, 7) is 3.70. The van der Waals surface area contributed by atoms with Gasteiger partial charge in [-0.1, -0.05) is 18.2 Å². The largest absolute Gasteiger partial charge is 0.459 e. The number of aromatic amines is 1. The van der Waals surface area contributed by atoms with Crippen molar-refractivity contribution in [1.82, 2.24) is 10.3 Å². The number of ketones is 1.